The Morgan fingerprint density at radius 2 is 2.19 bits per heavy atom. The van der Waals surface area contributed by atoms with Gasteiger partial charge >= 0.3 is 0 Å². The maximum atomic E-state index is 12.9. The van der Waals surface area contributed by atoms with E-state index >= 15 is 0 Å². The Balaban J connectivity index is 1.67. The number of carbonyl (C=O) groups is 1. The minimum Gasteiger partial charge on any atom is -0.352 e. The summed E-state index contributed by atoms with van der Waals surface area (Å²) in [5.41, 5.74) is 1.72. The second-order valence-corrected chi connectivity index (χ2v) is 9.04. The highest BCUT2D eigenvalue weighted by molar-refractivity contribution is 7.89. The van der Waals surface area contributed by atoms with Gasteiger partial charge in [0.15, 0.2) is 0 Å². The lowest BCUT2D eigenvalue weighted by Gasteiger charge is -2.31. The van der Waals surface area contributed by atoms with Gasteiger partial charge in [0.1, 0.15) is 0 Å². The molecule has 3 rings (SSSR count). The van der Waals surface area contributed by atoms with Crippen molar-refractivity contribution < 1.29 is 13.2 Å². The summed E-state index contributed by atoms with van der Waals surface area (Å²) in [4.78, 5) is 16.7. The predicted octanol–water partition coefficient (Wildman–Crippen LogP) is 2.76. The molecule has 1 aromatic heterocycles. The largest absolute Gasteiger partial charge is 0.352 e. The van der Waals surface area contributed by atoms with E-state index < -0.39 is 10.0 Å². The van der Waals surface area contributed by atoms with E-state index in [0.717, 1.165) is 11.1 Å². The number of rotatable bonds is 5. The Bertz CT molecular complexity index is 919. The van der Waals surface area contributed by atoms with Crippen molar-refractivity contribution >= 4 is 27.5 Å². The molecule has 0 spiro atoms. The first-order valence-electron chi connectivity index (χ1n) is 8.81. The highest BCUT2D eigenvalue weighted by Gasteiger charge is 2.33. The van der Waals surface area contributed by atoms with Crippen LogP contribution in [0.15, 0.2) is 47.6 Å². The van der Waals surface area contributed by atoms with Crippen LogP contribution < -0.4 is 5.32 Å². The molecular formula is C19H22ClN3O3S. The van der Waals surface area contributed by atoms with Gasteiger partial charge in [-0.2, -0.15) is 4.31 Å². The number of piperidine rings is 1. The van der Waals surface area contributed by atoms with Crippen LogP contribution in [-0.4, -0.2) is 36.7 Å². The quantitative estimate of drug-likeness (QED) is 0.826. The van der Waals surface area contributed by atoms with Crippen LogP contribution in [0.3, 0.4) is 0 Å². The van der Waals surface area contributed by atoms with E-state index in [2.05, 4.69) is 10.3 Å². The van der Waals surface area contributed by atoms with Crippen molar-refractivity contribution in [2.75, 3.05) is 13.1 Å². The lowest BCUT2D eigenvalue weighted by molar-refractivity contribution is -0.126. The lowest BCUT2D eigenvalue weighted by Crippen LogP contribution is -2.45. The highest BCUT2D eigenvalue weighted by Crippen LogP contribution is 2.26. The summed E-state index contributed by atoms with van der Waals surface area (Å²) in [5, 5.41) is 3.29. The molecule has 144 valence electrons. The molecule has 0 bridgehead atoms. The summed E-state index contributed by atoms with van der Waals surface area (Å²) in [5.74, 6) is -0.508. The van der Waals surface area contributed by atoms with Crippen LogP contribution in [0.4, 0.5) is 0 Å². The molecule has 1 aromatic carbocycles. The number of pyridine rings is 1. The van der Waals surface area contributed by atoms with Crippen LogP contribution in [-0.2, 0) is 21.4 Å². The zero-order valence-corrected chi connectivity index (χ0v) is 16.6. The number of halogens is 1. The van der Waals surface area contributed by atoms with Gasteiger partial charge in [-0.05, 0) is 49.1 Å². The monoisotopic (exact) mass is 407 g/mol. The van der Waals surface area contributed by atoms with Crippen molar-refractivity contribution in [1.29, 1.82) is 0 Å². The van der Waals surface area contributed by atoms with Crippen LogP contribution >= 0.6 is 11.6 Å². The van der Waals surface area contributed by atoms with Gasteiger partial charge in [-0.1, -0.05) is 23.7 Å². The first kappa shape index (κ1) is 19.8. The third kappa shape index (κ3) is 4.66. The Kier molecular flexibility index (Phi) is 6.14. The normalized spacial score (nSPS) is 18.2. The van der Waals surface area contributed by atoms with Gasteiger partial charge in [-0.15, -0.1) is 0 Å². The summed E-state index contributed by atoms with van der Waals surface area (Å²) < 4.78 is 27.2. The van der Waals surface area contributed by atoms with Crippen molar-refractivity contribution in [2.24, 2.45) is 5.92 Å². The molecule has 0 unspecified atom stereocenters. The number of sulfonamides is 1. The Labute approximate surface area is 164 Å². The number of aromatic nitrogens is 1. The van der Waals surface area contributed by atoms with Crippen LogP contribution in [0.2, 0.25) is 5.02 Å². The maximum absolute atomic E-state index is 12.9. The van der Waals surface area contributed by atoms with E-state index in [1.807, 2.05) is 19.1 Å². The fourth-order valence-corrected chi connectivity index (χ4v) is 4.89. The standard InChI is InChI=1S/C19H22ClN3O3S/c1-14-6-7-17(10-18(14)20)27(25,26)23-9-3-5-16(13-23)19(24)22-12-15-4-2-8-21-11-15/h2,4,6-8,10-11,16H,3,5,9,12-13H2,1H3,(H,22,24)/t16-/m1/s1. The number of amides is 1. The number of aryl methyl sites for hydroxylation is 1. The van der Waals surface area contributed by atoms with Crippen molar-refractivity contribution in [3.63, 3.8) is 0 Å². The van der Waals surface area contributed by atoms with Crippen molar-refractivity contribution in [1.82, 2.24) is 14.6 Å². The van der Waals surface area contributed by atoms with Crippen LogP contribution in [0, 0.1) is 12.8 Å². The zero-order valence-electron chi connectivity index (χ0n) is 15.1. The van der Waals surface area contributed by atoms with Gasteiger partial charge in [0.05, 0.1) is 10.8 Å². The van der Waals surface area contributed by atoms with Crippen LogP contribution in [0.1, 0.15) is 24.0 Å². The van der Waals surface area contributed by atoms with Gasteiger partial charge < -0.3 is 5.32 Å². The second-order valence-electron chi connectivity index (χ2n) is 6.69. The van der Waals surface area contributed by atoms with Crippen molar-refractivity contribution in [2.45, 2.75) is 31.2 Å². The van der Waals surface area contributed by atoms with Crippen LogP contribution in [0.25, 0.3) is 0 Å². The zero-order chi connectivity index (χ0) is 19.4. The molecule has 2 aromatic rings. The number of carbonyl (C=O) groups excluding carboxylic acids is 1. The molecular weight excluding hydrogens is 386 g/mol. The average Bonchev–Trinajstić information content (AvgIpc) is 2.69. The number of benzene rings is 1. The van der Waals surface area contributed by atoms with Crippen molar-refractivity contribution in [3.8, 4) is 0 Å². The molecule has 27 heavy (non-hydrogen) atoms. The first-order chi connectivity index (χ1) is 12.9. The number of hydrogen-bond donors (Lipinski definition) is 1. The van der Waals surface area contributed by atoms with Gasteiger partial charge in [-0.3, -0.25) is 9.78 Å². The smallest absolute Gasteiger partial charge is 0.243 e. The molecule has 0 aliphatic carbocycles. The summed E-state index contributed by atoms with van der Waals surface area (Å²) in [7, 11) is -3.68. The minimum absolute atomic E-state index is 0.138. The number of hydrogen-bond acceptors (Lipinski definition) is 4. The third-order valence-electron chi connectivity index (χ3n) is 4.73. The fourth-order valence-electron chi connectivity index (χ4n) is 3.09. The molecule has 6 nitrogen and oxygen atoms in total. The van der Waals surface area contributed by atoms with Gasteiger partial charge in [0.2, 0.25) is 15.9 Å². The topological polar surface area (TPSA) is 79.4 Å². The molecule has 1 aliphatic heterocycles. The lowest BCUT2D eigenvalue weighted by atomic mass is 9.99. The van der Waals surface area contributed by atoms with E-state index in [0.29, 0.717) is 31.0 Å². The minimum atomic E-state index is -3.68. The van der Waals surface area contributed by atoms with Gasteiger partial charge in [0.25, 0.3) is 0 Å². The first-order valence-corrected chi connectivity index (χ1v) is 10.6. The number of nitrogens with zero attached hydrogens (tertiary/aromatic N) is 2. The summed E-state index contributed by atoms with van der Waals surface area (Å²) in [6.45, 7) is 2.78. The van der Waals surface area contributed by atoms with E-state index in [1.165, 1.54) is 10.4 Å². The Hall–Kier alpha value is -1.96. The second kappa shape index (κ2) is 8.37. The van der Waals surface area contributed by atoms with E-state index in [-0.39, 0.29) is 23.3 Å². The maximum Gasteiger partial charge on any atom is 0.243 e. The molecule has 1 amide bonds. The SMILES string of the molecule is Cc1ccc(S(=O)(=O)N2CCC[C@@H](C(=O)NCc3cccnc3)C2)cc1Cl. The van der Waals surface area contributed by atoms with E-state index in [1.54, 1.807) is 24.5 Å². The van der Waals surface area contributed by atoms with Gasteiger partial charge in [0, 0.05) is 37.1 Å². The summed E-state index contributed by atoms with van der Waals surface area (Å²) >= 11 is 6.09. The molecule has 1 N–H and O–H groups in total. The highest BCUT2D eigenvalue weighted by atomic mass is 35.5. The number of nitrogens with one attached hydrogen (secondary N) is 1. The fraction of sp³-hybridized carbons (Fsp3) is 0.368. The molecule has 1 aliphatic rings. The molecule has 8 heteroatoms. The van der Waals surface area contributed by atoms with Gasteiger partial charge in [-0.25, -0.2) is 8.42 Å². The molecule has 0 saturated carbocycles. The molecule has 1 saturated heterocycles. The average molecular weight is 408 g/mol. The Morgan fingerprint density at radius 1 is 1.37 bits per heavy atom. The van der Waals surface area contributed by atoms with Crippen molar-refractivity contribution in [3.05, 3.63) is 58.9 Å². The van der Waals surface area contributed by atoms with E-state index in [9.17, 15) is 13.2 Å². The molecule has 1 fully saturated rings. The summed E-state index contributed by atoms with van der Waals surface area (Å²) in [6, 6.07) is 8.41. The molecule has 0 radical (unpaired) electrons. The predicted molar refractivity (Wildman–Crippen MR) is 104 cm³/mol. The Morgan fingerprint density at radius 3 is 2.89 bits per heavy atom. The van der Waals surface area contributed by atoms with E-state index in [4.69, 9.17) is 11.6 Å². The van der Waals surface area contributed by atoms with Crippen LogP contribution in [0.5, 0.6) is 0 Å². The molecule has 1 atom stereocenters. The third-order valence-corrected chi connectivity index (χ3v) is 6.99. The molecule has 2 heterocycles. The summed E-state index contributed by atoms with van der Waals surface area (Å²) in [6.07, 6.45) is 4.68.